The van der Waals surface area contributed by atoms with Gasteiger partial charge in [-0.2, -0.15) is 31.4 Å². The van der Waals surface area contributed by atoms with E-state index in [1.54, 1.807) is 13.0 Å². The Morgan fingerprint density at radius 2 is 1.77 bits per heavy atom. The van der Waals surface area contributed by atoms with Crippen LogP contribution in [0.4, 0.5) is 32.0 Å². The first-order valence-electron chi connectivity index (χ1n) is 11.0. The molecule has 0 saturated heterocycles. The molecule has 0 unspecified atom stereocenters. The molecule has 11 nitrogen and oxygen atoms in total. The molecular weight excluding hydrogens is 663 g/mol. The Kier molecular flexibility index (Phi) is 7.81. The molecule has 0 spiro atoms. The molecule has 0 atom stereocenters. The second kappa shape index (κ2) is 10.8. The Hall–Kier alpha value is -4.10. The van der Waals surface area contributed by atoms with E-state index in [9.17, 15) is 35.9 Å². The normalized spacial score (nSPS) is 11.9. The van der Waals surface area contributed by atoms with E-state index in [-0.39, 0.29) is 16.9 Å². The Labute approximate surface area is 234 Å². The Morgan fingerprint density at radius 1 is 1.05 bits per heavy atom. The molecule has 1 aromatic carbocycles. The Balaban J connectivity index is 1.85. The molecular formula is C22H16F6IN9O2. The number of pyridine rings is 1. The van der Waals surface area contributed by atoms with Crippen LogP contribution >= 0.6 is 22.6 Å². The molecule has 2 amide bonds. The van der Waals surface area contributed by atoms with Crippen molar-refractivity contribution in [3.8, 4) is 5.82 Å². The van der Waals surface area contributed by atoms with Crippen LogP contribution in [-0.4, -0.2) is 53.8 Å². The minimum atomic E-state index is -4.94. The third-order valence-electron chi connectivity index (χ3n) is 5.39. The summed E-state index contributed by atoms with van der Waals surface area (Å²) in [6.07, 6.45) is -8.82. The first kappa shape index (κ1) is 28.9. The monoisotopic (exact) mass is 679 g/mol. The molecule has 0 saturated carbocycles. The number of carbonyl (C=O) groups excluding carboxylic acids is 2. The number of alkyl halides is 6. The lowest BCUT2D eigenvalue weighted by molar-refractivity contribution is -0.147. The highest BCUT2D eigenvalue weighted by Gasteiger charge is 2.39. The predicted molar refractivity (Wildman–Crippen MR) is 134 cm³/mol. The molecule has 0 bridgehead atoms. The molecule has 0 aliphatic carbocycles. The number of nitrogens with zero attached hydrogens (tertiary/aromatic N) is 7. The topological polar surface area (TPSA) is 133 Å². The summed E-state index contributed by atoms with van der Waals surface area (Å²) >= 11 is 1.97. The SMILES string of the molecule is CNC(=O)c1cc(I)cc(C)c1NC(=O)c1cc(Cn2nnnc2C(F)(F)F)nn1-c1ncccc1C(F)(F)F. The maximum atomic E-state index is 13.8. The molecule has 18 heteroatoms. The third kappa shape index (κ3) is 5.89. The number of nitrogens with one attached hydrogen (secondary N) is 2. The minimum Gasteiger partial charge on any atom is -0.355 e. The molecule has 0 fully saturated rings. The number of hydrogen-bond donors (Lipinski definition) is 2. The molecule has 0 aliphatic rings. The van der Waals surface area contributed by atoms with Gasteiger partial charge in [-0.3, -0.25) is 9.59 Å². The van der Waals surface area contributed by atoms with Gasteiger partial charge in [0.1, 0.15) is 11.3 Å². The van der Waals surface area contributed by atoms with Crippen LogP contribution in [0.3, 0.4) is 0 Å². The molecule has 4 rings (SSSR count). The summed E-state index contributed by atoms with van der Waals surface area (Å²) in [5, 5.41) is 18.1. The lowest BCUT2D eigenvalue weighted by Gasteiger charge is -2.16. The van der Waals surface area contributed by atoms with Crippen molar-refractivity contribution < 1.29 is 35.9 Å². The van der Waals surface area contributed by atoms with Gasteiger partial charge in [0.2, 0.25) is 0 Å². The van der Waals surface area contributed by atoms with E-state index in [4.69, 9.17) is 0 Å². The average molecular weight is 679 g/mol. The summed E-state index contributed by atoms with van der Waals surface area (Å²) in [6.45, 7) is 0.860. The largest absolute Gasteiger partial charge is 0.453 e. The fourth-order valence-corrected chi connectivity index (χ4v) is 4.46. The highest BCUT2D eigenvalue weighted by Crippen LogP contribution is 2.34. The van der Waals surface area contributed by atoms with Gasteiger partial charge in [-0.25, -0.2) is 14.3 Å². The molecule has 40 heavy (non-hydrogen) atoms. The maximum absolute atomic E-state index is 13.8. The van der Waals surface area contributed by atoms with Gasteiger partial charge in [0.25, 0.3) is 17.6 Å². The van der Waals surface area contributed by atoms with E-state index in [0.717, 1.165) is 18.3 Å². The van der Waals surface area contributed by atoms with E-state index in [0.29, 0.717) is 24.6 Å². The van der Waals surface area contributed by atoms with Crippen LogP contribution < -0.4 is 10.6 Å². The Bertz CT molecular complexity index is 1600. The van der Waals surface area contributed by atoms with Gasteiger partial charge in [0.15, 0.2) is 5.82 Å². The highest BCUT2D eigenvalue weighted by atomic mass is 127. The molecule has 2 N–H and O–H groups in total. The van der Waals surface area contributed by atoms with Crippen molar-refractivity contribution in [3.63, 3.8) is 0 Å². The fraction of sp³-hybridized carbons (Fsp3) is 0.227. The predicted octanol–water partition coefficient (Wildman–Crippen LogP) is 3.86. The smallest absolute Gasteiger partial charge is 0.355 e. The third-order valence-corrected chi connectivity index (χ3v) is 6.02. The van der Waals surface area contributed by atoms with E-state index < -0.39 is 53.6 Å². The van der Waals surface area contributed by atoms with Crippen molar-refractivity contribution in [2.24, 2.45) is 0 Å². The maximum Gasteiger partial charge on any atom is 0.453 e. The van der Waals surface area contributed by atoms with Crippen molar-refractivity contribution in [3.05, 3.63) is 74.0 Å². The summed E-state index contributed by atoms with van der Waals surface area (Å²) < 4.78 is 82.8. The number of tetrazole rings is 1. The van der Waals surface area contributed by atoms with Gasteiger partial charge < -0.3 is 10.6 Å². The van der Waals surface area contributed by atoms with Crippen LogP contribution in [-0.2, 0) is 18.9 Å². The molecule has 3 aromatic heterocycles. The van der Waals surface area contributed by atoms with Crippen molar-refractivity contribution in [1.29, 1.82) is 0 Å². The zero-order valence-corrected chi connectivity index (χ0v) is 22.4. The first-order valence-corrected chi connectivity index (χ1v) is 12.1. The number of halogens is 7. The minimum absolute atomic E-state index is 0.0657. The standard InChI is InChI=1S/C22H16F6IN9O2/c1-10-6-11(29)7-13(18(39)30-2)16(10)32-19(40)15-8-12(9-37-20(22(26,27)28)33-35-36-37)34-38(15)17-14(21(23,24)25)4-3-5-31-17/h3-8H,9H2,1-2H3,(H,30,39)(H,32,40). The van der Waals surface area contributed by atoms with E-state index in [1.165, 1.54) is 13.1 Å². The molecule has 0 radical (unpaired) electrons. The second-order valence-electron chi connectivity index (χ2n) is 8.14. The number of rotatable bonds is 6. The van der Waals surface area contributed by atoms with Crippen molar-refractivity contribution >= 4 is 40.1 Å². The molecule has 0 aliphatic heterocycles. The van der Waals surface area contributed by atoms with Crippen LogP contribution in [0.25, 0.3) is 5.82 Å². The summed E-state index contributed by atoms with van der Waals surface area (Å²) in [7, 11) is 1.37. The van der Waals surface area contributed by atoms with Crippen LogP contribution in [0.15, 0.2) is 36.5 Å². The van der Waals surface area contributed by atoms with Gasteiger partial charge in [0.05, 0.1) is 23.5 Å². The molecule has 4 aromatic rings. The van der Waals surface area contributed by atoms with Crippen LogP contribution in [0.1, 0.15) is 43.5 Å². The number of carbonyl (C=O) groups is 2. The van der Waals surface area contributed by atoms with Gasteiger partial charge >= 0.3 is 12.4 Å². The number of hydrogen-bond acceptors (Lipinski definition) is 7. The van der Waals surface area contributed by atoms with Crippen LogP contribution in [0.2, 0.25) is 0 Å². The summed E-state index contributed by atoms with van der Waals surface area (Å²) in [6, 6.07) is 5.86. The zero-order valence-electron chi connectivity index (χ0n) is 20.3. The van der Waals surface area contributed by atoms with Crippen molar-refractivity contribution in [2.75, 3.05) is 12.4 Å². The Morgan fingerprint density at radius 3 is 2.42 bits per heavy atom. The van der Waals surface area contributed by atoms with E-state index in [2.05, 4.69) is 36.2 Å². The lowest BCUT2D eigenvalue weighted by atomic mass is 10.1. The van der Waals surface area contributed by atoms with Crippen molar-refractivity contribution in [1.82, 2.24) is 40.3 Å². The fourth-order valence-electron chi connectivity index (χ4n) is 3.69. The zero-order chi connectivity index (χ0) is 29.4. The number of amides is 2. The summed E-state index contributed by atoms with van der Waals surface area (Å²) in [5.41, 5.74) is -1.45. The van der Waals surface area contributed by atoms with E-state index >= 15 is 0 Å². The average Bonchev–Trinajstić information content (AvgIpc) is 3.52. The lowest BCUT2D eigenvalue weighted by Crippen LogP contribution is -2.24. The number of aryl methyl sites for hydroxylation is 1. The van der Waals surface area contributed by atoms with Gasteiger partial charge in [-0.05, 0) is 75.8 Å². The van der Waals surface area contributed by atoms with Gasteiger partial charge in [-0.1, -0.05) is 0 Å². The number of benzene rings is 1. The van der Waals surface area contributed by atoms with Crippen LogP contribution in [0, 0.1) is 10.5 Å². The number of aromatic nitrogens is 7. The summed E-state index contributed by atoms with van der Waals surface area (Å²) in [4.78, 5) is 29.7. The number of anilines is 1. The van der Waals surface area contributed by atoms with Crippen molar-refractivity contribution in [2.45, 2.75) is 25.8 Å². The van der Waals surface area contributed by atoms with Gasteiger partial charge in [0, 0.05) is 16.8 Å². The van der Waals surface area contributed by atoms with Crippen LogP contribution in [0.5, 0.6) is 0 Å². The highest BCUT2D eigenvalue weighted by molar-refractivity contribution is 14.1. The second-order valence-corrected chi connectivity index (χ2v) is 9.39. The first-order chi connectivity index (χ1) is 18.7. The van der Waals surface area contributed by atoms with Gasteiger partial charge in [-0.15, -0.1) is 5.10 Å². The quantitative estimate of drug-likeness (QED) is 0.234. The summed E-state index contributed by atoms with van der Waals surface area (Å²) in [5.74, 6) is -3.84. The van der Waals surface area contributed by atoms with E-state index in [1.807, 2.05) is 22.6 Å². The molecule has 210 valence electrons. The molecule has 3 heterocycles.